The van der Waals surface area contributed by atoms with Crippen LogP contribution < -0.4 is 10.3 Å². The van der Waals surface area contributed by atoms with Crippen LogP contribution in [-0.4, -0.2) is 33.7 Å². The summed E-state index contributed by atoms with van der Waals surface area (Å²) in [5.41, 5.74) is 5.87. The van der Waals surface area contributed by atoms with Crippen LogP contribution in [0.4, 0.5) is 15.8 Å². The molecule has 252 valence electrons. The summed E-state index contributed by atoms with van der Waals surface area (Å²) < 4.78 is 15.3. The zero-order valence-electron chi connectivity index (χ0n) is 27.3. The van der Waals surface area contributed by atoms with Crippen LogP contribution in [0.3, 0.4) is 0 Å². The number of allylic oxidation sites excluding steroid dienone is 2. The number of phenolic OH excluding ortho intramolecular Hbond substituents is 1. The van der Waals surface area contributed by atoms with Crippen LogP contribution in [0.2, 0.25) is 5.02 Å². The van der Waals surface area contributed by atoms with E-state index in [2.05, 4.69) is 5.43 Å². The minimum atomic E-state index is -1.54. The number of phenols is 1. The maximum Gasteiger partial charge on any atom is 0.260 e. The number of amides is 4. The first-order valence-corrected chi connectivity index (χ1v) is 17.0. The zero-order chi connectivity index (χ0) is 35.1. The highest BCUT2D eigenvalue weighted by Crippen LogP contribution is 2.64. The van der Waals surface area contributed by atoms with Gasteiger partial charge in [0.1, 0.15) is 0 Å². The molecular formula is C40H33ClFN3O5. The van der Waals surface area contributed by atoms with E-state index in [4.69, 9.17) is 11.6 Å². The fraction of sp³-hybridized carbons (Fsp3) is 0.250. The van der Waals surface area contributed by atoms with Crippen LogP contribution in [0, 0.1) is 43.3 Å². The van der Waals surface area contributed by atoms with Crippen LogP contribution in [0.1, 0.15) is 41.0 Å². The van der Waals surface area contributed by atoms with Gasteiger partial charge in [0.05, 0.1) is 34.5 Å². The molecule has 0 bridgehead atoms. The number of hydrogen-bond donors (Lipinski definition) is 2. The molecule has 1 saturated carbocycles. The quantitative estimate of drug-likeness (QED) is 0.173. The molecule has 2 aliphatic heterocycles. The van der Waals surface area contributed by atoms with Gasteiger partial charge in [0.2, 0.25) is 11.8 Å². The minimum absolute atomic E-state index is 0.108. The highest BCUT2D eigenvalue weighted by Gasteiger charge is 2.70. The molecule has 0 spiro atoms. The van der Waals surface area contributed by atoms with Crippen molar-refractivity contribution < 1.29 is 28.7 Å². The van der Waals surface area contributed by atoms with Crippen molar-refractivity contribution in [3.05, 3.63) is 136 Å². The van der Waals surface area contributed by atoms with E-state index in [9.17, 15) is 19.5 Å². The van der Waals surface area contributed by atoms with Gasteiger partial charge in [0.25, 0.3) is 11.8 Å². The van der Waals surface area contributed by atoms with Gasteiger partial charge in [0.15, 0.2) is 11.6 Å². The number of imide groups is 2. The molecule has 50 heavy (non-hydrogen) atoms. The number of anilines is 2. The molecule has 3 fully saturated rings. The average molecular weight is 690 g/mol. The topological polar surface area (TPSA) is 107 Å². The fourth-order valence-corrected chi connectivity index (χ4v) is 8.97. The van der Waals surface area contributed by atoms with E-state index in [1.54, 1.807) is 60.7 Å². The first-order valence-electron chi connectivity index (χ1n) is 16.6. The molecule has 0 unspecified atom stereocenters. The largest absolute Gasteiger partial charge is 0.505 e. The summed E-state index contributed by atoms with van der Waals surface area (Å²) in [6.07, 6.45) is 2.24. The first kappa shape index (κ1) is 32.0. The Kier molecular flexibility index (Phi) is 7.45. The summed E-state index contributed by atoms with van der Waals surface area (Å²) in [7, 11) is 0. The van der Waals surface area contributed by atoms with Crippen molar-refractivity contribution in [2.75, 3.05) is 10.3 Å². The van der Waals surface area contributed by atoms with Crippen molar-refractivity contribution in [2.24, 2.45) is 23.7 Å². The van der Waals surface area contributed by atoms with Gasteiger partial charge in [0, 0.05) is 10.9 Å². The number of nitrogens with zero attached hydrogens (tertiary/aromatic N) is 2. The Morgan fingerprint density at radius 2 is 1.60 bits per heavy atom. The maximum absolute atomic E-state index is 15.3. The third kappa shape index (κ3) is 4.56. The third-order valence-corrected chi connectivity index (χ3v) is 11.5. The number of halogens is 2. The van der Waals surface area contributed by atoms with E-state index in [1.807, 2.05) is 38.1 Å². The predicted molar refractivity (Wildman–Crippen MR) is 186 cm³/mol. The highest BCUT2D eigenvalue weighted by molar-refractivity contribution is 6.32. The molecule has 2 heterocycles. The third-order valence-electron chi connectivity index (χ3n) is 11.1. The molecule has 8 rings (SSSR count). The zero-order valence-corrected chi connectivity index (χ0v) is 28.0. The Labute approximate surface area is 293 Å². The number of carbonyl (C=O) groups is 4. The summed E-state index contributed by atoms with van der Waals surface area (Å²) in [6, 6.07) is 25.4. The standard InChI is InChI=1S/C40H33ClFN3O5/c1-21-8-12-25(13-9-21)43-45-37(48)30-20-29-27(15-16-28-34(29)38(49)44(36(28)47)26-14-10-22(2)31(41)19-26)35(23-11-17-33(46)32(42)18-23)40(30,39(45)50)24-6-4-3-5-7-24/h3-15,17-19,28-30,34-35,43,46H,16,20H2,1-2H3/t28-,29+,30-,34-,35-,40+/m0/s1. The molecule has 4 aromatic rings. The number of hydrazine groups is 1. The van der Waals surface area contributed by atoms with Gasteiger partial charge >= 0.3 is 0 Å². The monoisotopic (exact) mass is 689 g/mol. The second-order valence-corrected chi connectivity index (χ2v) is 14.2. The smallest absolute Gasteiger partial charge is 0.260 e. The summed E-state index contributed by atoms with van der Waals surface area (Å²) in [6.45, 7) is 3.77. The Balaban J connectivity index is 1.31. The van der Waals surface area contributed by atoms with Crippen molar-refractivity contribution in [3.8, 4) is 5.75 Å². The molecule has 8 nitrogen and oxygen atoms in total. The predicted octanol–water partition coefficient (Wildman–Crippen LogP) is 6.99. The first-order chi connectivity index (χ1) is 24.0. The maximum atomic E-state index is 15.3. The van der Waals surface area contributed by atoms with E-state index < -0.39 is 64.3 Å². The van der Waals surface area contributed by atoms with Crippen LogP contribution in [0.5, 0.6) is 5.75 Å². The minimum Gasteiger partial charge on any atom is -0.505 e. The number of benzene rings is 4. The number of carbonyl (C=O) groups excluding carboxylic acids is 4. The Morgan fingerprint density at radius 1 is 0.860 bits per heavy atom. The molecular weight excluding hydrogens is 657 g/mol. The molecule has 2 aliphatic carbocycles. The number of aromatic hydroxyl groups is 1. The lowest BCUT2D eigenvalue weighted by Crippen LogP contribution is -2.53. The van der Waals surface area contributed by atoms with Gasteiger partial charge in [-0.15, -0.1) is 0 Å². The second-order valence-electron chi connectivity index (χ2n) is 13.7. The van der Waals surface area contributed by atoms with Crippen molar-refractivity contribution in [1.29, 1.82) is 0 Å². The lowest BCUT2D eigenvalue weighted by molar-refractivity contribution is -0.138. The number of aryl methyl sites for hydroxylation is 2. The van der Waals surface area contributed by atoms with Gasteiger partial charge < -0.3 is 5.11 Å². The lowest BCUT2D eigenvalue weighted by Gasteiger charge is -2.50. The lowest BCUT2D eigenvalue weighted by atomic mass is 9.49. The van der Waals surface area contributed by atoms with Gasteiger partial charge in [-0.1, -0.05) is 83.4 Å². The molecule has 0 aromatic heterocycles. The van der Waals surface area contributed by atoms with E-state index in [-0.39, 0.29) is 18.7 Å². The molecule has 4 aromatic carbocycles. The highest BCUT2D eigenvalue weighted by atomic mass is 35.5. The fourth-order valence-electron chi connectivity index (χ4n) is 8.80. The van der Waals surface area contributed by atoms with Gasteiger partial charge in [-0.3, -0.25) is 24.6 Å². The summed E-state index contributed by atoms with van der Waals surface area (Å²) in [5.74, 6) is -7.17. The number of nitrogens with one attached hydrogen (secondary N) is 1. The van der Waals surface area contributed by atoms with E-state index in [0.717, 1.165) is 16.1 Å². The van der Waals surface area contributed by atoms with Crippen molar-refractivity contribution >= 4 is 46.6 Å². The average Bonchev–Trinajstić information content (AvgIpc) is 3.49. The molecule has 10 heteroatoms. The van der Waals surface area contributed by atoms with Gasteiger partial charge in [-0.05, 0) is 85.7 Å². The van der Waals surface area contributed by atoms with Gasteiger partial charge in [-0.2, -0.15) is 5.01 Å². The Bertz CT molecular complexity index is 2140. The van der Waals surface area contributed by atoms with Crippen LogP contribution >= 0.6 is 11.6 Å². The second kappa shape index (κ2) is 11.7. The van der Waals surface area contributed by atoms with E-state index in [1.165, 1.54) is 17.0 Å². The number of fused-ring (bicyclic) bond motifs is 4. The normalized spacial score (nSPS) is 27.2. The summed E-state index contributed by atoms with van der Waals surface area (Å²) in [5, 5.41) is 11.7. The summed E-state index contributed by atoms with van der Waals surface area (Å²) in [4.78, 5) is 59.4. The van der Waals surface area contributed by atoms with E-state index in [0.29, 0.717) is 33.1 Å². The van der Waals surface area contributed by atoms with Crippen LogP contribution in [-0.2, 0) is 24.6 Å². The number of rotatable bonds is 5. The number of hydrogen-bond acceptors (Lipinski definition) is 6. The molecule has 4 amide bonds. The molecule has 2 N–H and O–H groups in total. The molecule has 6 atom stereocenters. The van der Waals surface area contributed by atoms with Crippen LogP contribution in [0.15, 0.2) is 103 Å². The van der Waals surface area contributed by atoms with Crippen molar-refractivity contribution in [2.45, 2.75) is 38.0 Å². The Morgan fingerprint density at radius 3 is 2.30 bits per heavy atom. The molecule has 2 saturated heterocycles. The van der Waals surface area contributed by atoms with Crippen molar-refractivity contribution in [1.82, 2.24) is 5.01 Å². The SMILES string of the molecule is Cc1ccc(NN2C(=O)[C@@H]3C[C@@H]4C(=CC[C@@H]5C(=O)N(c6ccc(C)c(Cl)c6)C(=O)[C@@H]54)[C@H](c4ccc(O)c(F)c4)[C@]3(c3ccccc3)C2=O)cc1. The van der Waals surface area contributed by atoms with Gasteiger partial charge in [-0.25, -0.2) is 9.29 Å². The summed E-state index contributed by atoms with van der Waals surface area (Å²) >= 11 is 6.42. The Hall–Kier alpha value is -5.28. The van der Waals surface area contributed by atoms with Crippen molar-refractivity contribution in [3.63, 3.8) is 0 Å². The van der Waals surface area contributed by atoms with Crippen LogP contribution in [0.25, 0.3) is 0 Å². The molecule has 4 aliphatic rings. The van der Waals surface area contributed by atoms with E-state index >= 15 is 9.18 Å². The molecule has 0 radical (unpaired) electrons.